The summed E-state index contributed by atoms with van der Waals surface area (Å²) in [5.74, 6) is -0.00125. The molecule has 0 atom stereocenters. The van der Waals surface area contributed by atoms with E-state index in [9.17, 15) is 9.90 Å². The van der Waals surface area contributed by atoms with Crippen LogP contribution in [0.3, 0.4) is 0 Å². The van der Waals surface area contributed by atoms with Gasteiger partial charge in [0.2, 0.25) is 5.91 Å². The van der Waals surface area contributed by atoms with Crippen molar-refractivity contribution in [2.45, 2.75) is 33.1 Å². The molecule has 4 heteroatoms. The van der Waals surface area contributed by atoms with Gasteiger partial charge in [-0.3, -0.25) is 4.79 Å². The van der Waals surface area contributed by atoms with Crippen molar-refractivity contribution in [2.75, 3.05) is 25.5 Å². The first-order valence-electron chi connectivity index (χ1n) is 7.24. The summed E-state index contributed by atoms with van der Waals surface area (Å²) in [5, 5.41) is 15.6. The summed E-state index contributed by atoms with van der Waals surface area (Å²) < 4.78 is 0. The van der Waals surface area contributed by atoms with Crippen LogP contribution in [0.1, 0.15) is 32.3 Å². The second kappa shape index (κ2) is 7.90. The standard InChI is InChI=1S/C16H26N2O2/c1-4-16(5-2,12-19)11-18-14-9-7-6-8-13(14)10-15(20)17-3/h6-9,18-19H,4-5,10-12H2,1-3H3,(H,17,20). The lowest BCUT2D eigenvalue weighted by molar-refractivity contribution is -0.119. The van der Waals surface area contributed by atoms with Gasteiger partial charge in [-0.25, -0.2) is 0 Å². The summed E-state index contributed by atoms with van der Waals surface area (Å²) in [6.45, 7) is 5.07. The van der Waals surface area contributed by atoms with Crippen molar-refractivity contribution in [1.82, 2.24) is 5.32 Å². The highest BCUT2D eigenvalue weighted by Gasteiger charge is 2.25. The van der Waals surface area contributed by atoms with Gasteiger partial charge in [0.15, 0.2) is 0 Å². The molecule has 0 fully saturated rings. The van der Waals surface area contributed by atoms with Crippen molar-refractivity contribution in [3.63, 3.8) is 0 Å². The summed E-state index contributed by atoms with van der Waals surface area (Å²) in [6, 6.07) is 7.82. The van der Waals surface area contributed by atoms with Crippen molar-refractivity contribution in [2.24, 2.45) is 5.41 Å². The predicted molar refractivity (Wildman–Crippen MR) is 82.8 cm³/mol. The molecule has 0 heterocycles. The Labute approximate surface area is 121 Å². The molecular formula is C16H26N2O2. The second-order valence-electron chi connectivity index (χ2n) is 5.23. The van der Waals surface area contributed by atoms with Crippen molar-refractivity contribution < 1.29 is 9.90 Å². The van der Waals surface area contributed by atoms with Crippen molar-refractivity contribution in [1.29, 1.82) is 0 Å². The molecule has 1 aromatic rings. The van der Waals surface area contributed by atoms with E-state index in [0.717, 1.165) is 24.1 Å². The Morgan fingerprint density at radius 2 is 1.90 bits per heavy atom. The van der Waals surface area contributed by atoms with Crippen molar-refractivity contribution in [3.8, 4) is 0 Å². The SMILES string of the molecule is CCC(CC)(CO)CNc1ccccc1CC(=O)NC. The van der Waals surface area contributed by atoms with Gasteiger partial charge in [-0.15, -0.1) is 0 Å². The van der Waals surface area contributed by atoms with Gasteiger partial charge in [0.25, 0.3) is 0 Å². The molecule has 0 radical (unpaired) electrons. The van der Waals surface area contributed by atoms with Crippen LogP contribution in [-0.4, -0.2) is 31.2 Å². The van der Waals surface area contributed by atoms with E-state index in [1.165, 1.54) is 0 Å². The lowest BCUT2D eigenvalue weighted by atomic mass is 9.83. The normalized spacial score (nSPS) is 11.2. The molecule has 0 spiro atoms. The van der Waals surface area contributed by atoms with Gasteiger partial charge in [-0.1, -0.05) is 32.0 Å². The molecule has 0 aliphatic heterocycles. The van der Waals surface area contributed by atoms with Crippen LogP contribution < -0.4 is 10.6 Å². The average Bonchev–Trinajstić information content (AvgIpc) is 2.50. The van der Waals surface area contributed by atoms with Crippen LogP contribution in [0, 0.1) is 5.41 Å². The molecule has 1 rings (SSSR count). The van der Waals surface area contributed by atoms with E-state index in [2.05, 4.69) is 24.5 Å². The van der Waals surface area contributed by atoms with E-state index in [0.29, 0.717) is 13.0 Å². The third-order valence-electron chi connectivity index (χ3n) is 4.14. The highest BCUT2D eigenvalue weighted by atomic mass is 16.3. The summed E-state index contributed by atoms with van der Waals surface area (Å²) in [6.07, 6.45) is 2.21. The molecule has 0 aromatic heterocycles. The minimum Gasteiger partial charge on any atom is -0.396 e. The number of aliphatic hydroxyl groups excluding tert-OH is 1. The lowest BCUT2D eigenvalue weighted by Crippen LogP contribution is -2.32. The molecule has 0 saturated heterocycles. The smallest absolute Gasteiger partial charge is 0.224 e. The number of amides is 1. The first kappa shape index (κ1) is 16.5. The number of rotatable bonds is 8. The Morgan fingerprint density at radius 3 is 2.45 bits per heavy atom. The molecule has 0 saturated carbocycles. The van der Waals surface area contributed by atoms with Gasteiger partial charge >= 0.3 is 0 Å². The lowest BCUT2D eigenvalue weighted by Gasteiger charge is -2.30. The Morgan fingerprint density at radius 1 is 1.25 bits per heavy atom. The number of para-hydroxylation sites is 1. The minimum atomic E-state index is -0.0971. The van der Waals surface area contributed by atoms with Gasteiger partial charge in [0.1, 0.15) is 0 Å². The highest BCUT2D eigenvalue weighted by molar-refractivity contribution is 5.80. The molecular weight excluding hydrogens is 252 g/mol. The fourth-order valence-electron chi connectivity index (χ4n) is 2.17. The molecule has 112 valence electrons. The Bertz CT molecular complexity index is 420. The van der Waals surface area contributed by atoms with Crippen molar-refractivity contribution in [3.05, 3.63) is 29.8 Å². The van der Waals surface area contributed by atoms with Gasteiger partial charge in [-0.05, 0) is 24.5 Å². The number of carbonyl (C=O) groups is 1. The number of hydrogen-bond acceptors (Lipinski definition) is 3. The zero-order chi connectivity index (χ0) is 15.0. The molecule has 0 aliphatic carbocycles. The molecule has 0 aliphatic rings. The molecule has 0 unspecified atom stereocenters. The maximum Gasteiger partial charge on any atom is 0.224 e. The van der Waals surface area contributed by atoms with E-state index in [4.69, 9.17) is 0 Å². The first-order valence-corrected chi connectivity index (χ1v) is 7.24. The molecule has 3 N–H and O–H groups in total. The third kappa shape index (κ3) is 4.23. The van der Waals surface area contributed by atoms with Crippen LogP contribution in [-0.2, 0) is 11.2 Å². The van der Waals surface area contributed by atoms with Gasteiger partial charge in [0, 0.05) is 24.7 Å². The third-order valence-corrected chi connectivity index (χ3v) is 4.14. The van der Waals surface area contributed by atoms with E-state index >= 15 is 0 Å². The van der Waals surface area contributed by atoms with Crippen LogP contribution in [0.5, 0.6) is 0 Å². The van der Waals surface area contributed by atoms with Crippen LogP contribution in [0.15, 0.2) is 24.3 Å². The maximum atomic E-state index is 11.5. The number of hydrogen-bond donors (Lipinski definition) is 3. The molecule has 20 heavy (non-hydrogen) atoms. The number of likely N-dealkylation sites (N-methyl/N-ethyl adjacent to an activating group) is 1. The van der Waals surface area contributed by atoms with Crippen LogP contribution in [0.2, 0.25) is 0 Å². The van der Waals surface area contributed by atoms with Gasteiger partial charge in [0.05, 0.1) is 13.0 Å². The zero-order valence-electron chi connectivity index (χ0n) is 12.7. The topological polar surface area (TPSA) is 61.4 Å². The molecule has 1 amide bonds. The summed E-state index contributed by atoms with van der Waals surface area (Å²) in [4.78, 5) is 11.5. The first-order chi connectivity index (χ1) is 9.60. The largest absolute Gasteiger partial charge is 0.396 e. The van der Waals surface area contributed by atoms with Gasteiger partial charge < -0.3 is 15.7 Å². The van der Waals surface area contributed by atoms with E-state index < -0.39 is 0 Å². The number of nitrogens with one attached hydrogen (secondary N) is 2. The predicted octanol–water partition coefficient (Wildman–Crippen LogP) is 2.19. The highest BCUT2D eigenvalue weighted by Crippen LogP contribution is 2.27. The van der Waals surface area contributed by atoms with Crippen molar-refractivity contribution >= 4 is 11.6 Å². The van der Waals surface area contributed by atoms with E-state index in [1.807, 2.05) is 24.3 Å². The minimum absolute atomic E-state index is 0.00125. The number of aliphatic hydroxyl groups is 1. The number of carbonyl (C=O) groups excluding carboxylic acids is 1. The average molecular weight is 278 g/mol. The van der Waals surface area contributed by atoms with Crippen LogP contribution in [0.25, 0.3) is 0 Å². The van der Waals surface area contributed by atoms with E-state index in [1.54, 1.807) is 7.05 Å². The maximum absolute atomic E-state index is 11.5. The second-order valence-corrected chi connectivity index (χ2v) is 5.23. The Kier molecular flexibility index (Phi) is 6.52. The molecule has 4 nitrogen and oxygen atoms in total. The summed E-state index contributed by atoms with van der Waals surface area (Å²) in [5.41, 5.74) is 1.85. The molecule has 1 aromatic carbocycles. The zero-order valence-corrected chi connectivity index (χ0v) is 12.7. The number of anilines is 1. The quantitative estimate of drug-likeness (QED) is 0.683. The molecule has 0 bridgehead atoms. The Hall–Kier alpha value is -1.55. The summed E-state index contributed by atoms with van der Waals surface area (Å²) in [7, 11) is 1.64. The van der Waals surface area contributed by atoms with E-state index in [-0.39, 0.29) is 17.9 Å². The fraction of sp³-hybridized carbons (Fsp3) is 0.562. The fourth-order valence-corrected chi connectivity index (χ4v) is 2.17. The monoisotopic (exact) mass is 278 g/mol. The Balaban J connectivity index is 2.79. The van der Waals surface area contributed by atoms with Gasteiger partial charge in [-0.2, -0.15) is 0 Å². The van der Waals surface area contributed by atoms with Crippen LogP contribution >= 0.6 is 0 Å². The van der Waals surface area contributed by atoms with Crippen LogP contribution in [0.4, 0.5) is 5.69 Å². The number of benzene rings is 1. The summed E-state index contributed by atoms with van der Waals surface area (Å²) >= 11 is 0.